The highest BCUT2D eigenvalue weighted by molar-refractivity contribution is 6.35. The third-order valence-corrected chi connectivity index (χ3v) is 7.13. The van der Waals surface area contributed by atoms with Crippen LogP contribution in [0.1, 0.15) is 19.3 Å². The average Bonchev–Trinajstić information content (AvgIpc) is 2.70. The summed E-state index contributed by atoms with van der Waals surface area (Å²) in [6, 6.07) is 6.83. The molecular formula is C23H24Cl2N4O3. The predicted molar refractivity (Wildman–Crippen MR) is 125 cm³/mol. The van der Waals surface area contributed by atoms with Crippen molar-refractivity contribution in [3.63, 3.8) is 0 Å². The number of aryl methyl sites for hydroxylation is 2. The van der Waals surface area contributed by atoms with Crippen molar-refractivity contribution in [2.24, 2.45) is 12.5 Å². The molecule has 0 radical (unpaired) electrons. The Balaban J connectivity index is 1.13. The van der Waals surface area contributed by atoms with Gasteiger partial charge in [0.05, 0.1) is 22.8 Å². The highest BCUT2D eigenvalue weighted by Gasteiger charge is 2.53. The van der Waals surface area contributed by atoms with E-state index < -0.39 is 0 Å². The van der Waals surface area contributed by atoms with Crippen LogP contribution >= 0.6 is 23.2 Å². The summed E-state index contributed by atoms with van der Waals surface area (Å²) in [7, 11) is 1.72. The monoisotopic (exact) mass is 474 g/mol. The summed E-state index contributed by atoms with van der Waals surface area (Å²) in [6.07, 6.45) is 6.33. The minimum atomic E-state index is -0.116. The van der Waals surface area contributed by atoms with Crippen molar-refractivity contribution in [3.8, 4) is 5.75 Å². The third-order valence-electron chi connectivity index (χ3n) is 6.61. The van der Waals surface area contributed by atoms with Crippen LogP contribution in [0, 0.1) is 5.41 Å². The summed E-state index contributed by atoms with van der Waals surface area (Å²) >= 11 is 12.0. The van der Waals surface area contributed by atoms with Crippen LogP contribution in [0.2, 0.25) is 10.2 Å². The Morgan fingerprint density at radius 1 is 1.16 bits per heavy atom. The van der Waals surface area contributed by atoms with Crippen LogP contribution in [0.3, 0.4) is 0 Å². The summed E-state index contributed by atoms with van der Waals surface area (Å²) in [4.78, 5) is 30.7. The van der Waals surface area contributed by atoms with Gasteiger partial charge in [-0.25, -0.2) is 4.98 Å². The Labute approximate surface area is 195 Å². The first-order chi connectivity index (χ1) is 15.3. The second kappa shape index (κ2) is 8.21. The lowest BCUT2D eigenvalue weighted by Gasteiger charge is -2.58. The van der Waals surface area contributed by atoms with Crippen LogP contribution in [0.5, 0.6) is 5.75 Å². The molecule has 5 rings (SSSR count). The summed E-state index contributed by atoms with van der Waals surface area (Å²) in [6.45, 7) is 3.71. The summed E-state index contributed by atoms with van der Waals surface area (Å²) in [5.41, 5.74) is 0.104. The van der Waals surface area contributed by atoms with Crippen LogP contribution < -0.4 is 15.9 Å². The summed E-state index contributed by atoms with van der Waals surface area (Å²) in [5.74, 6) is 0.722. The molecule has 1 aliphatic heterocycles. The number of hydrogen-bond acceptors (Lipinski definition) is 5. The second-order valence-electron chi connectivity index (χ2n) is 9.02. The molecule has 0 N–H and O–H groups in total. The van der Waals surface area contributed by atoms with Crippen molar-refractivity contribution in [3.05, 3.63) is 67.7 Å². The van der Waals surface area contributed by atoms with Crippen LogP contribution in [0.15, 0.2) is 46.4 Å². The normalized spacial score (nSPS) is 18.0. The molecule has 2 aromatic heterocycles. The van der Waals surface area contributed by atoms with Crippen molar-refractivity contribution < 1.29 is 4.74 Å². The smallest absolute Gasteiger partial charge is 0.259 e. The molecule has 1 spiro atoms. The van der Waals surface area contributed by atoms with Crippen LogP contribution in [0.25, 0.3) is 10.8 Å². The van der Waals surface area contributed by atoms with E-state index in [0.29, 0.717) is 22.4 Å². The van der Waals surface area contributed by atoms with Crippen LogP contribution in [-0.4, -0.2) is 44.8 Å². The number of hydrogen-bond donors (Lipinski definition) is 0. The molecule has 0 atom stereocenters. The maximum atomic E-state index is 12.5. The van der Waals surface area contributed by atoms with Gasteiger partial charge in [-0.15, -0.1) is 0 Å². The number of ether oxygens (including phenoxy) is 1. The maximum absolute atomic E-state index is 12.5. The van der Waals surface area contributed by atoms with E-state index >= 15 is 0 Å². The Morgan fingerprint density at radius 3 is 2.69 bits per heavy atom. The zero-order chi connectivity index (χ0) is 22.5. The van der Waals surface area contributed by atoms with Gasteiger partial charge in [0.1, 0.15) is 10.9 Å². The van der Waals surface area contributed by atoms with Gasteiger partial charge < -0.3 is 14.2 Å². The molecule has 0 unspecified atom stereocenters. The van der Waals surface area contributed by atoms with E-state index in [1.165, 1.54) is 17.0 Å². The number of likely N-dealkylation sites (tertiary alicyclic amines) is 1. The fourth-order valence-electron chi connectivity index (χ4n) is 5.01. The topological polar surface area (TPSA) is 69.4 Å². The van der Waals surface area contributed by atoms with E-state index in [4.69, 9.17) is 27.9 Å². The Hall–Kier alpha value is -2.35. The standard InChI is InChI=1S/C23H24Cl2N4O3/c1-27-8-5-16-18(4-3-17(24)21(16)22(27)31)32-15-10-23(11-15)12-28(13-23)6-2-7-29-14-26-19(25)9-20(29)30/h3-5,8-9,14-15H,2,6-7,10-13H2,1H3. The number of pyridine rings is 1. The first-order valence-electron chi connectivity index (χ1n) is 10.7. The van der Waals surface area contributed by atoms with Gasteiger partial charge in [-0.05, 0) is 44.0 Å². The van der Waals surface area contributed by atoms with Gasteiger partial charge in [-0.2, -0.15) is 0 Å². The molecule has 3 aromatic rings. The number of fused-ring (bicyclic) bond motifs is 1. The minimum absolute atomic E-state index is 0.114. The molecule has 1 saturated heterocycles. The lowest BCUT2D eigenvalue weighted by atomic mass is 9.61. The van der Waals surface area contributed by atoms with Crippen molar-refractivity contribution >= 4 is 34.0 Å². The van der Waals surface area contributed by atoms with Crippen molar-refractivity contribution in [1.82, 2.24) is 19.0 Å². The second-order valence-corrected chi connectivity index (χ2v) is 9.82. The lowest BCUT2D eigenvalue weighted by Crippen LogP contribution is -2.64. The SMILES string of the molecule is Cn1ccc2c(OC3CC4(C3)CN(CCCn3cnc(Cl)cc3=O)C4)ccc(Cl)c2c1=O. The number of nitrogens with zero attached hydrogens (tertiary/aromatic N) is 4. The number of benzene rings is 1. The van der Waals surface area contributed by atoms with Gasteiger partial charge in [0.15, 0.2) is 0 Å². The molecule has 7 nitrogen and oxygen atoms in total. The van der Waals surface area contributed by atoms with E-state index in [1.54, 1.807) is 23.9 Å². The molecule has 2 aliphatic rings. The maximum Gasteiger partial charge on any atom is 0.259 e. The van der Waals surface area contributed by atoms with Gasteiger partial charge >= 0.3 is 0 Å². The van der Waals surface area contributed by atoms with Crippen molar-refractivity contribution in [2.75, 3.05) is 19.6 Å². The minimum Gasteiger partial charge on any atom is -0.490 e. The molecule has 32 heavy (non-hydrogen) atoms. The first-order valence-corrected chi connectivity index (χ1v) is 11.5. The van der Waals surface area contributed by atoms with Crippen LogP contribution in [0.4, 0.5) is 0 Å². The zero-order valence-corrected chi connectivity index (χ0v) is 19.3. The number of rotatable bonds is 6. The fourth-order valence-corrected chi connectivity index (χ4v) is 5.40. The van der Waals surface area contributed by atoms with Crippen molar-refractivity contribution in [1.29, 1.82) is 0 Å². The highest BCUT2D eigenvalue weighted by atomic mass is 35.5. The van der Waals surface area contributed by atoms with Crippen molar-refractivity contribution in [2.45, 2.75) is 31.9 Å². The molecule has 3 heterocycles. The molecule has 2 fully saturated rings. The predicted octanol–water partition coefficient (Wildman–Crippen LogP) is 3.34. The summed E-state index contributed by atoms with van der Waals surface area (Å²) in [5, 5.41) is 1.95. The third kappa shape index (κ3) is 3.93. The zero-order valence-electron chi connectivity index (χ0n) is 17.8. The molecule has 0 bridgehead atoms. The van der Waals surface area contributed by atoms with Gasteiger partial charge in [-0.1, -0.05) is 23.2 Å². The number of halogens is 2. The first kappa shape index (κ1) is 21.5. The lowest BCUT2D eigenvalue weighted by molar-refractivity contribution is -0.118. The highest BCUT2D eigenvalue weighted by Crippen LogP contribution is 2.50. The van der Waals surface area contributed by atoms with E-state index in [0.717, 1.165) is 50.0 Å². The number of aromatic nitrogens is 3. The van der Waals surface area contributed by atoms with E-state index in [9.17, 15) is 9.59 Å². The van der Waals surface area contributed by atoms with E-state index in [1.807, 2.05) is 12.1 Å². The van der Waals surface area contributed by atoms with Crippen LogP contribution in [-0.2, 0) is 13.6 Å². The van der Waals surface area contributed by atoms with Gasteiger partial charge in [-0.3, -0.25) is 14.2 Å². The van der Waals surface area contributed by atoms with E-state index in [2.05, 4.69) is 9.88 Å². The molecule has 1 aliphatic carbocycles. The van der Waals surface area contributed by atoms with Gasteiger partial charge in [0, 0.05) is 49.7 Å². The van der Waals surface area contributed by atoms with Gasteiger partial charge in [0.25, 0.3) is 11.1 Å². The quantitative estimate of drug-likeness (QED) is 0.512. The Kier molecular flexibility index (Phi) is 5.51. The largest absolute Gasteiger partial charge is 0.490 e. The molecule has 9 heteroatoms. The molecule has 0 amide bonds. The fraction of sp³-hybridized carbons (Fsp3) is 0.435. The van der Waals surface area contributed by atoms with Gasteiger partial charge in [0.2, 0.25) is 0 Å². The molecule has 168 valence electrons. The average molecular weight is 475 g/mol. The van der Waals surface area contributed by atoms with E-state index in [-0.39, 0.29) is 22.4 Å². The summed E-state index contributed by atoms with van der Waals surface area (Å²) < 4.78 is 9.38. The molecule has 1 saturated carbocycles. The molecule has 1 aromatic carbocycles. The molecular weight excluding hydrogens is 451 g/mol. The Morgan fingerprint density at radius 2 is 1.94 bits per heavy atom. The Bertz CT molecular complexity index is 1290.